The van der Waals surface area contributed by atoms with Crippen LogP contribution in [0.5, 0.6) is 0 Å². The van der Waals surface area contributed by atoms with Gasteiger partial charge in [-0.1, -0.05) is 48.5 Å². The van der Waals surface area contributed by atoms with Crippen LogP contribution in [0.15, 0.2) is 60.7 Å². The maximum atomic E-state index is 6.28. The maximum Gasteiger partial charge on any atom is 0.0366 e. The highest BCUT2D eigenvalue weighted by molar-refractivity contribution is 5.46. The van der Waals surface area contributed by atoms with Crippen LogP contribution in [0.4, 0.5) is 5.69 Å². The molecule has 0 fully saturated rings. The van der Waals surface area contributed by atoms with Crippen LogP contribution in [-0.4, -0.2) is 19.1 Å². The van der Waals surface area contributed by atoms with E-state index >= 15 is 0 Å². The SMILES string of the molecule is CCN(C[C@@H](N)Cc1ccccc1)c1ccccc1. The fourth-order valence-corrected chi connectivity index (χ4v) is 2.32. The normalized spacial score (nSPS) is 12.1. The summed E-state index contributed by atoms with van der Waals surface area (Å²) in [7, 11) is 0. The lowest BCUT2D eigenvalue weighted by atomic mass is 10.1. The van der Waals surface area contributed by atoms with Gasteiger partial charge in [0, 0.05) is 24.8 Å². The highest BCUT2D eigenvalue weighted by Crippen LogP contribution is 2.13. The molecule has 0 aliphatic heterocycles. The molecule has 0 aliphatic rings. The minimum absolute atomic E-state index is 0.155. The van der Waals surface area contributed by atoms with E-state index in [0.29, 0.717) is 0 Å². The molecule has 0 amide bonds. The Hall–Kier alpha value is -1.80. The van der Waals surface area contributed by atoms with E-state index in [2.05, 4.69) is 60.4 Å². The molecule has 0 saturated heterocycles. The third kappa shape index (κ3) is 4.11. The van der Waals surface area contributed by atoms with Crippen LogP contribution in [0, 0.1) is 0 Å². The first-order valence-corrected chi connectivity index (χ1v) is 6.89. The Morgan fingerprint density at radius 2 is 1.53 bits per heavy atom. The fourth-order valence-electron chi connectivity index (χ4n) is 2.32. The average Bonchev–Trinajstić information content (AvgIpc) is 2.47. The van der Waals surface area contributed by atoms with Crippen LogP contribution in [0.3, 0.4) is 0 Å². The quantitative estimate of drug-likeness (QED) is 0.858. The summed E-state index contributed by atoms with van der Waals surface area (Å²) in [6.07, 6.45) is 0.921. The van der Waals surface area contributed by atoms with E-state index in [1.54, 1.807) is 0 Å². The lowest BCUT2D eigenvalue weighted by Crippen LogP contribution is -2.38. The first-order chi connectivity index (χ1) is 9.29. The first kappa shape index (κ1) is 13.6. The number of likely N-dealkylation sites (N-methyl/N-ethyl adjacent to an activating group) is 1. The van der Waals surface area contributed by atoms with Gasteiger partial charge in [-0.05, 0) is 31.0 Å². The molecule has 0 bridgehead atoms. The van der Waals surface area contributed by atoms with Crippen molar-refractivity contribution in [2.24, 2.45) is 5.73 Å². The zero-order chi connectivity index (χ0) is 13.5. The summed E-state index contributed by atoms with van der Waals surface area (Å²) in [5.74, 6) is 0. The van der Waals surface area contributed by atoms with E-state index in [-0.39, 0.29) is 6.04 Å². The van der Waals surface area contributed by atoms with Gasteiger partial charge in [0.15, 0.2) is 0 Å². The molecule has 2 N–H and O–H groups in total. The van der Waals surface area contributed by atoms with Crippen LogP contribution in [0.2, 0.25) is 0 Å². The molecule has 2 heteroatoms. The van der Waals surface area contributed by atoms with E-state index in [0.717, 1.165) is 19.5 Å². The van der Waals surface area contributed by atoms with Gasteiger partial charge in [0.05, 0.1) is 0 Å². The van der Waals surface area contributed by atoms with Gasteiger partial charge in [-0.25, -0.2) is 0 Å². The van der Waals surface area contributed by atoms with Gasteiger partial charge in [0.2, 0.25) is 0 Å². The Morgan fingerprint density at radius 3 is 2.11 bits per heavy atom. The summed E-state index contributed by atoms with van der Waals surface area (Å²) >= 11 is 0. The summed E-state index contributed by atoms with van der Waals surface area (Å²) in [6.45, 7) is 4.03. The summed E-state index contributed by atoms with van der Waals surface area (Å²) < 4.78 is 0. The number of nitrogens with zero attached hydrogens (tertiary/aromatic N) is 1. The van der Waals surface area contributed by atoms with Gasteiger partial charge in [-0.2, -0.15) is 0 Å². The van der Waals surface area contributed by atoms with Gasteiger partial charge in [-0.3, -0.25) is 0 Å². The molecular formula is C17H22N2. The largest absolute Gasteiger partial charge is 0.370 e. The van der Waals surface area contributed by atoms with Crippen molar-refractivity contribution in [3.05, 3.63) is 66.2 Å². The molecule has 0 spiro atoms. The van der Waals surface area contributed by atoms with Gasteiger partial charge in [0.1, 0.15) is 0 Å². The molecule has 1 atom stereocenters. The van der Waals surface area contributed by atoms with Crippen LogP contribution >= 0.6 is 0 Å². The lowest BCUT2D eigenvalue weighted by molar-refractivity contribution is 0.637. The number of rotatable bonds is 6. The van der Waals surface area contributed by atoms with Crippen molar-refractivity contribution in [2.75, 3.05) is 18.0 Å². The highest BCUT2D eigenvalue weighted by atomic mass is 15.1. The van der Waals surface area contributed by atoms with Gasteiger partial charge in [0.25, 0.3) is 0 Å². The third-order valence-corrected chi connectivity index (χ3v) is 3.30. The second-order valence-corrected chi connectivity index (χ2v) is 4.82. The molecular weight excluding hydrogens is 232 g/mol. The van der Waals surface area contributed by atoms with E-state index < -0.39 is 0 Å². The van der Waals surface area contributed by atoms with Crippen LogP contribution in [-0.2, 0) is 6.42 Å². The molecule has 2 rings (SSSR count). The smallest absolute Gasteiger partial charge is 0.0366 e. The number of hydrogen-bond acceptors (Lipinski definition) is 2. The maximum absolute atomic E-state index is 6.28. The molecule has 2 nitrogen and oxygen atoms in total. The van der Waals surface area contributed by atoms with Gasteiger partial charge >= 0.3 is 0 Å². The minimum Gasteiger partial charge on any atom is -0.370 e. The predicted octanol–water partition coefficient (Wildman–Crippen LogP) is 3.08. The van der Waals surface area contributed by atoms with E-state index in [9.17, 15) is 0 Å². The summed E-state index contributed by atoms with van der Waals surface area (Å²) in [5.41, 5.74) is 8.83. The van der Waals surface area contributed by atoms with Crippen molar-refractivity contribution in [3.63, 3.8) is 0 Å². The topological polar surface area (TPSA) is 29.3 Å². The number of hydrogen-bond donors (Lipinski definition) is 1. The molecule has 100 valence electrons. The summed E-state index contributed by atoms with van der Waals surface area (Å²) in [6, 6.07) is 21.1. The van der Waals surface area contributed by atoms with Crippen molar-refractivity contribution in [3.8, 4) is 0 Å². The van der Waals surface area contributed by atoms with Crippen molar-refractivity contribution in [2.45, 2.75) is 19.4 Å². The molecule has 0 aliphatic carbocycles. The molecule has 19 heavy (non-hydrogen) atoms. The minimum atomic E-state index is 0.155. The van der Waals surface area contributed by atoms with E-state index in [1.165, 1.54) is 11.3 Å². The van der Waals surface area contributed by atoms with Gasteiger partial charge in [-0.15, -0.1) is 0 Å². The van der Waals surface area contributed by atoms with E-state index in [1.807, 2.05) is 12.1 Å². The molecule has 0 saturated carbocycles. The second-order valence-electron chi connectivity index (χ2n) is 4.82. The monoisotopic (exact) mass is 254 g/mol. The Kier molecular flexibility index (Phi) is 4.99. The van der Waals surface area contributed by atoms with Crippen molar-refractivity contribution < 1.29 is 0 Å². The molecule has 2 aromatic carbocycles. The zero-order valence-corrected chi connectivity index (χ0v) is 11.5. The fraction of sp³-hybridized carbons (Fsp3) is 0.294. The highest BCUT2D eigenvalue weighted by Gasteiger charge is 2.10. The molecule has 0 unspecified atom stereocenters. The van der Waals surface area contributed by atoms with Crippen molar-refractivity contribution in [1.29, 1.82) is 0 Å². The number of nitrogens with two attached hydrogens (primary N) is 1. The standard InChI is InChI=1S/C17H22N2/c1-2-19(17-11-7-4-8-12-17)14-16(18)13-15-9-5-3-6-10-15/h3-12,16H,2,13-14,18H2,1H3/t16-/m0/s1. The Balaban J connectivity index is 1.95. The second kappa shape index (κ2) is 6.95. The lowest BCUT2D eigenvalue weighted by Gasteiger charge is -2.26. The first-order valence-electron chi connectivity index (χ1n) is 6.89. The van der Waals surface area contributed by atoms with Crippen molar-refractivity contribution in [1.82, 2.24) is 0 Å². The molecule has 0 aromatic heterocycles. The Bertz CT molecular complexity index is 467. The summed E-state index contributed by atoms with van der Waals surface area (Å²) in [5, 5.41) is 0. The van der Waals surface area contributed by atoms with Crippen molar-refractivity contribution >= 4 is 5.69 Å². The van der Waals surface area contributed by atoms with Gasteiger partial charge < -0.3 is 10.6 Å². The Labute approximate surface area is 115 Å². The predicted molar refractivity (Wildman–Crippen MR) is 82.5 cm³/mol. The summed E-state index contributed by atoms with van der Waals surface area (Å²) in [4.78, 5) is 2.33. The van der Waals surface area contributed by atoms with Crippen LogP contribution < -0.4 is 10.6 Å². The molecule has 0 heterocycles. The Morgan fingerprint density at radius 1 is 0.947 bits per heavy atom. The number of para-hydroxylation sites is 1. The average molecular weight is 254 g/mol. The van der Waals surface area contributed by atoms with Crippen LogP contribution in [0.1, 0.15) is 12.5 Å². The third-order valence-electron chi connectivity index (χ3n) is 3.30. The number of anilines is 1. The molecule has 0 radical (unpaired) electrons. The number of benzene rings is 2. The zero-order valence-electron chi connectivity index (χ0n) is 11.5. The van der Waals surface area contributed by atoms with E-state index in [4.69, 9.17) is 5.73 Å². The molecule has 2 aromatic rings. The van der Waals surface area contributed by atoms with Crippen LogP contribution in [0.25, 0.3) is 0 Å².